The second-order valence-corrected chi connectivity index (χ2v) is 11.2. The van der Waals surface area contributed by atoms with E-state index in [0.717, 1.165) is 29.9 Å². The molecule has 3 atom stereocenters. The van der Waals surface area contributed by atoms with Gasteiger partial charge in [-0.05, 0) is 24.3 Å². The lowest BCUT2D eigenvalue weighted by atomic mass is 9.90. The van der Waals surface area contributed by atoms with E-state index >= 15 is 0 Å². The first kappa shape index (κ1) is 29.0. The summed E-state index contributed by atoms with van der Waals surface area (Å²) in [5.41, 5.74) is 16.2. The van der Waals surface area contributed by atoms with Gasteiger partial charge in [-0.1, -0.05) is 13.0 Å². The molecule has 13 heteroatoms. The van der Waals surface area contributed by atoms with E-state index in [9.17, 15) is 9.59 Å². The predicted molar refractivity (Wildman–Crippen MR) is 164 cm³/mol. The Balaban J connectivity index is 1.34. The third-order valence-corrected chi connectivity index (χ3v) is 8.00. The molecule has 2 saturated heterocycles. The number of hydrogen-bond donors (Lipinski definition) is 5. The van der Waals surface area contributed by atoms with E-state index in [-0.39, 0.29) is 35.3 Å². The number of piperazine rings is 1. The fraction of sp³-hybridized carbons (Fsp3) is 0.379. The molecule has 2 fully saturated rings. The quantitative estimate of drug-likeness (QED) is 0.186. The number of carbonyl (C=O) groups excluding carboxylic acids is 2. The minimum atomic E-state index is -0.430. The average molecular weight is 575 g/mol. The van der Waals surface area contributed by atoms with Crippen molar-refractivity contribution < 1.29 is 14.9 Å². The topological polar surface area (TPSA) is 180 Å². The number of nitrogens with zero attached hydrogens (tertiary/aromatic N) is 6. The van der Waals surface area contributed by atoms with E-state index in [1.807, 2.05) is 35.4 Å². The maximum absolute atomic E-state index is 13.5. The van der Waals surface area contributed by atoms with Crippen molar-refractivity contribution in [2.45, 2.75) is 19.0 Å². The first-order chi connectivity index (χ1) is 20.1. The molecule has 1 aromatic carbocycles. The molecule has 2 amide bonds. The molecular weight excluding hydrogens is 534 g/mol. The maximum atomic E-state index is 13.5. The Morgan fingerprint density at radius 2 is 2.00 bits per heavy atom. The third kappa shape index (κ3) is 6.22. The van der Waals surface area contributed by atoms with Gasteiger partial charge in [0.2, 0.25) is 5.91 Å². The monoisotopic (exact) mass is 574 g/mol. The van der Waals surface area contributed by atoms with Crippen LogP contribution in [-0.4, -0.2) is 90.6 Å². The second kappa shape index (κ2) is 12.2. The zero-order valence-corrected chi connectivity index (χ0v) is 24.3. The number of likely N-dealkylation sites (N-methyl/N-ethyl adjacent to an activating group) is 1. The summed E-state index contributed by atoms with van der Waals surface area (Å²) in [6, 6.07) is 9.46. The zero-order valence-electron chi connectivity index (χ0n) is 24.3. The summed E-state index contributed by atoms with van der Waals surface area (Å²) in [6.45, 7) is 5.20. The lowest BCUT2D eigenvalue weighted by Gasteiger charge is -2.40. The van der Waals surface area contributed by atoms with Crippen LogP contribution in [0.2, 0.25) is 0 Å². The number of nitrogens with one attached hydrogen (secondary N) is 1. The zero-order chi connectivity index (χ0) is 30.0. The molecule has 2 aliphatic heterocycles. The Kier molecular flexibility index (Phi) is 8.43. The summed E-state index contributed by atoms with van der Waals surface area (Å²) >= 11 is 0. The minimum absolute atomic E-state index is 0.0629. The van der Waals surface area contributed by atoms with Crippen LogP contribution in [0.25, 0.3) is 10.9 Å². The van der Waals surface area contributed by atoms with E-state index in [2.05, 4.69) is 32.4 Å². The van der Waals surface area contributed by atoms with Gasteiger partial charge in [0.1, 0.15) is 12.2 Å². The Morgan fingerprint density at radius 3 is 2.74 bits per heavy atom. The smallest absolute Gasteiger partial charge is 0.276 e. The fourth-order valence-electron chi connectivity index (χ4n) is 5.65. The van der Waals surface area contributed by atoms with Crippen molar-refractivity contribution in [3.8, 4) is 0 Å². The highest BCUT2D eigenvalue weighted by atomic mass is 16.2. The third-order valence-electron chi connectivity index (χ3n) is 8.00. The van der Waals surface area contributed by atoms with Crippen molar-refractivity contribution in [3.05, 3.63) is 60.8 Å². The summed E-state index contributed by atoms with van der Waals surface area (Å²) in [6.07, 6.45) is 7.06. The first-order valence-corrected chi connectivity index (χ1v) is 14.0. The molecule has 0 bridgehead atoms. The lowest BCUT2D eigenvalue weighted by Crippen LogP contribution is -2.92. The number of fused-ring (bicyclic) bond motifs is 1. The molecule has 0 spiro atoms. The molecular formula is C29H40N11O2+. The van der Waals surface area contributed by atoms with E-state index in [4.69, 9.17) is 17.3 Å². The first-order valence-electron chi connectivity index (χ1n) is 14.0. The van der Waals surface area contributed by atoms with Crippen molar-refractivity contribution in [1.29, 1.82) is 0 Å². The van der Waals surface area contributed by atoms with Crippen LogP contribution < -0.4 is 37.7 Å². The lowest BCUT2D eigenvalue weighted by molar-refractivity contribution is -0.637. The molecule has 5 rings (SSSR count). The molecule has 2 aromatic heterocycles. The highest BCUT2D eigenvalue weighted by Crippen LogP contribution is 2.30. The van der Waals surface area contributed by atoms with Crippen molar-refractivity contribution in [1.82, 2.24) is 19.9 Å². The molecule has 3 unspecified atom stereocenters. The number of piperidine rings is 1. The van der Waals surface area contributed by atoms with Gasteiger partial charge in [-0.25, -0.2) is 10.8 Å². The molecule has 2 aliphatic rings. The number of nitrogens with two attached hydrogens (primary N) is 4. The molecule has 42 heavy (non-hydrogen) atoms. The number of aromatic nitrogens is 2. The van der Waals surface area contributed by atoms with E-state index in [0.29, 0.717) is 30.8 Å². The summed E-state index contributed by atoms with van der Waals surface area (Å²) in [5.74, 6) is 5.57. The second-order valence-electron chi connectivity index (χ2n) is 11.2. The Morgan fingerprint density at radius 1 is 1.19 bits per heavy atom. The Labute approximate surface area is 245 Å². The summed E-state index contributed by atoms with van der Waals surface area (Å²) in [4.78, 5) is 40.6. The molecule has 0 saturated carbocycles. The molecule has 4 heterocycles. The predicted octanol–water partition coefficient (Wildman–Crippen LogP) is -0.265. The normalized spacial score (nSPS) is 21.3. The molecule has 0 aliphatic carbocycles. The van der Waals surface area contributed by atoms with Gasteiger partial charge in [0.15, 0.2) is 5.69 Å². The number of anilines is 4. The molecule has 222 valence electrons. The minimum Gasteiger partial charge on any atom is -0.397 e. The molecule has 13 nitrogen and oxygen atoms in total. The number of hydrazine groups is 1. The van der Waals surface area contributed by atoms with Crippen LogP contribution in [0, 0.1) is 5.92 Å². The van der Waals surface area contributed by atoms with Crippen LogP contribution in [0.15, 0.2) is 55.1 Å². The van der Waals surface area contributed by atoms with Crippen molar-refractivity contribution in [3.63, 3.8) is 0 Å². The van der Waals surface area contributed by atoms with Gasteiger partial charge in [-0.3, -0.25) is 14.6 Å². The number of hydrogen-bond acceptors (Lipinski definition) is 10. The van der Waals surface area contributed by atoms with E-state index in [1.165, 1.54) is 5.01 Å². The SMILES string of the molecule is CC1CN(c2ccncc2NC(=O)c2nc3cc(N4CCN(C)C(=O)C4)ccc3cc2N)CC(N)C1[NH2+]C=CN(C)N. The number of pyridine rings is 2. The molecule has 0 radical (unpaired) electrons. The van der Waals surface area contributed by atoms with Gasteiger partial charge in [0.05, 0.1) is 47.6 Å². The van der Waals surface area contributed by atoms with Crippen LogP contribution in [-0.2, 0) is 4.79 Å². The van der Waals surface area contributed by atoms with E-state index in [1.54, 1.807) is 43.7 Å². The Bertz CT molecular complexity index is 1480. The number of rotatable bonds is 7. The van der Waals surface area contributed by atoms with Crippen molar-refractivity contribution >= 4 is 45.5 Å². The summed E-state index contributed by atoms with van der Waals surface area (Å²) in [5, 5.41) is 7.39. The van der Waals surface area contributed by atoms with Crippen molar-refractivity contribution in [2.75, 3.05) is 67.7 Å². The average Bonchev–Trinajstić information content (AvgIpc) is 2.95. The van der Waals surface area contributed by atoms with Gasteiger partial charge in [0.25, 0.3) is 5.91 Å². The van der Waals surface area contributed by atoms with Gasteiger partial charge in [-0.2, -0.15) is 0 Å². The summed E-state index contributed by atoms with van der Waals surface area (Å²) < 4.78 is 0. The Hall–Kier alpha value is -4.46. The van der Waals surface area contributed by atoms with Crippen LogP contribution in [0.3, 0.4) is 0 Å². The van der Waals surface area contributed by atoms with Crippen LogP contribution in [0.1, 0.15) is 17.4 Å². The summed E-state index contributed by atoms with van der Waals surface area (Å²) in [7, 11) is 3.57. The van der Waals surface area contributed by atoms with Gasteiger partial charge < -0.3 is 41.8 Å². The number of benzene rings is 1. The standard InChI is InChI=1S/C29H39N11O2/c1-18-15-40(16-22(31)27(18)34-8-9-38(3)32)25-6-7-33-14-24(25)36-29(42)28-21(30)12-19-4-5-20(13-23(19)35-28)39-11-10-37(2)26(41)17-39/h4-9,12-14,18,22,27,34H,10-11,15-17,30-32H2,1-3H3,(H,36,42)/p+1. The largest absolute Gasteiger partial charge is 0.397 e. The highest BCUT2D eigenvalue weighted by molar-refractivity contribution is 6.09. The van der Waals surface area contributed by atoms with Gasteiger partial charge in [-0.15, -0.1) is 0 Å². The van der Waals surface area contributed by atoms with Crippen LogP contribution in [0.4, 0.5) is 22.7 Å². The number of nitrogen functional groups attached to an aromatic ring is 1. The van der Waals surface area contributed by atoms with E-state index < -0.39 is 5.91 Å². The number of amides is 2. The fourth-order valence-corrected chi connectivity index (χ4v) is 5.65. The highest BCUT2D eigenvalue weighted by Gasteiger charge is 2.35. The number of carbonyl (C=O) groups is 2. The van der Waals surface area contributed by atoms with Crippen LogP contribution in [0.5, 0.6) is 0 Å². The molecule has 9 N–H and O–H groups in total. The molecule has 3 aromatic rings. The van der Waals surface area contributed by atoms with Gasteiger partial charge >= 0.3 is 0 Å². The number of quaternary nitrogens is 1. The van der Waals surface area contributed by atoms with Crippen molar-refractivity contribution in [2.24, 2.45) is 17.5 Å². The maximum Gasteiger partial charge on any atom is 0.276 e. The van der Waals surface area contributed by atoms with Crippen LogP contribution >= 0.6 is 0 Å². The van der Waals surface area contributed by atoms with Gasteiger partial charge in [0, 0.05) is 63.5 Å².